The molecule has 0 spiro atoms. The molecule has 1 heterocycles. The van der Waals surface area contributed by atoms with Gasteiger partial charge in [-0.15, -0.1) is 30.6 Å². The van der Waals surface area contributed by atoms with E-state index in [1.54, 1.807) is 0 Å². The summed E-state index contributed by atoms with van der Waals surface area (Å²) in [5.41, 5.74) is 1.28. The predicted molar refractivity (Wildman–Crippen MR) is 132 cm³/mol. The number of likely N-dealkylation sites (tertiary alicyclic amines) is 1. The molecule has 2 N–H and O–H groups in total. The van der Waals surface area contributed by atoms with E-state index < -0.39 is 0 Å². The van der Waals surface area contributed by atoms with Crippen molar-refractivity contribution in [2.45, 2.75) is 19.8 Å². The molecule has 1 atom stereocenters. The third-order valence-corrected chi connectivity index (χ3v) is 5.40. The molecule has 1 aromatic rings. The van der Waals surface area contributed by atoms with E-state index in [0.29, 0.717) is 18.9 Å². The van der Waals surface area contributed by atoms with Gasteiger partial charge < -0.3 is 15.5 Å². The molecule has 1 amide bonds. The summed E-state index contributed by atoms with van der Waals surface area (Å²) in [6.07, 6.45) is 3.44. The Hall–Kier alpha value is -1.22. The summed E-state index contributed by atoms with van der Waals surface area (Å²) in [7, 11) is 0. The molecule has 1 aliphatic rings. The number of guanidine groups is 1. The first-order valence-electron chi connectivity index (χ1n) is 9.75. The Balaban J connectivity index is 0.00000392. The Bertz CT molecular complexity index is 612. The Morgan fingerprint density at radius 2 is 2.14 bits per heavy atom. The maximum Gasteiger partial charge on any atom is 0.223 e. The zero-order valence-electron chi connectivity index (χ0n) is 16.7. The highest BCUT2D eigenvalue weighted by atomic mass is 127. The van der Waals surface area contributed by atoms with Gasteiger partial charge in [-0.3, -0.25) is 9.79 Å². The summed E-state index contributed by atoms with van der Waals surface area (Å²) in [5, 5.41) is 6.64. The van der Waals surface area contributed by atoms with Crippen molar-refractivity contribution in [2.24, 2.45) is 10.9 Å². The molecule has 0 saturated carbocycles. The minimum Gasteiger partial charge on any atom is -0.357 e. The van der Waals surface area contributed by atoms with Crippen molar-refractivity contribution in [1.29, 1.82) is 0 Å². The Morgan fingerprint density at radius 3 is 2.86 bits per heavy atom. The minimum atomic E-state index is 0. The lowest BCUT2D eigenvalue weighted by molar-refractivity contribution is -0.127. The second kappa shape index (κ2) is 14.7. The largest absolute Gasteiger partial charge is 0.357 e. The molecule has 1 aromatic carbocycles. The Morgan fingerprint density at radius 1 is 1.36 bits per heavy atom. The van der Waals surface area contributed by atoms with Crippen LogP contribution in [0, 0.1) is 5.92 Å². The number of nitrogens with zero attached hydrogens (tertiary/aromatic N) is 2. The molecule has 5 nitrogen and oxygen atoms in total. The van der Waals surface area contributed by atoms with Gasteiger partial charge in [0.1, 0.15) is 0 Å². The van der Waals surface area contributed by atoms with E-state index in [1.165, 1.54) is 5.56 Å². The summed E-state index contributed by atoms with van der Waals surface area (Å²) in [6.45, 7) is 9.78. The predicted octanol–water partition coefficient (Wildman–Crippen LogP) is 3.17. The molecular formula is C21H33IN4OS. The minimum absolute atomic E-state index is 0. The van der Waals surface area contributed by atoms with E-state index in [-0.39, 0.29) is 29.9 Å². The highest BCUT2D eigenvalue weighted by Crippen LogP contribution is 2.18. The van der Waals surface area contributed by atoms with E-state index in [0.717, 1.165) is 50.1 Å². The normalized spacial score (nSPS) is 16.6. The van der Waals surface area contributed by atoms with E-state index in [1.807, 2.05) is 40.9 Å². The van der Waals surface area contributed by atoms with Crippen LogP contribution in [-0.4, -0.2) is 61.0 Å². The quantitative estimate of drug-likeness (QED) is 0.156. The molecule has 28 heavy (non-hydrogen) atoms. The number of amides is 1. The van der Waals surface area contributed by atoms with Gasteiger partial charge in [0.15, 0.2) is 5.96 Å². The van der Waals surface area contributed by atoms with Gasteiger partial charge in [0.25, 0.3) is 0 Å². The van der Waals surface area contributed by atoms with Crippen molar-refractivity contribution >= 4 is 47.6 Å². The first kappa shape index (κ1) is 24.8. The van der Waals surface area contributed by atoms with E-state index in [2.05, 4.69) is 41.3 Å². The molecule has 1 aliphatic heterocycles. The number of hydrogen-bond acceptors (Lipinski definition) is 3. The molecule has 0 aromatic heterocycles. The molecule has 156 valence electrons. The number of carbonyl (C=O) groups excluding carboxylic acids is 1. The molecule has 0 radical (unpaired) electrons. The number of benzene rings is 1. The van der Waals surface area contributed by atoms with Gasteiger partial charge in [-0.1, -0.05) is 36.4 Å². The van der Waals surface area contributed by atoms with Gasteiger partial charge in [0.05, 0.1) is 0 Å². The fraction of sp³-hybridized carbons (Fsp3) is 0.524. The molecule has 1 fully saturated rings. The maximum atomic E-state index is 12.3. The lowest BCUT2D eigenvalue weighted by Crippen LogP contribution is -2.38. The van der Waals surface area contributed by atoms with Crippen molar-refractivity contribution in [1.82, 2.24) is 15.5 Å². The van der Waals surface area contributed by atoms with Crippen LogP contribution < -0.4 is 10.6 Å². The van der Waals surface area contributed by atoms with Crippen LogP contribution in [0.5, 0.6) is 0 Å². The van der Waals surface area contributed by atoms with E-state index >= 15 is 0 Å². The van der Waals surface area contributed by atoms with Crippen LogP contribution >= 0.6 is 35.7 Å². The number of rotatable bonds is 11. The number of hydrogen-bond donors (Lipinski definition) is 2. The zero-order chi connectivity index (χ0) is 19.3. The summed E-state index contributed by atoms with van der Waals surface area (Å²) in [6, 6.07) is 10.3. The molecule has 2 rings (SSSR count). The van der Waals surface area contributed by atoms with Crippen molar-refractivity contribution in [3.63, 3.8) is 0 Å². The summed E-state index contributed by atoms with van der Waals surface area (Å²) < 4.78 is 0. The van der Waals surface area contributed by atoms with Crippen molar-refractivity contribution in [3.05, 3.63) is 48.6 Å². The van der Waals surface area contributed by atoms with Gasteiger partial charge in [0, 0.05) is 56.6 Å². The highest BCUT2D eigenvalue weighted by molar-refractivity contribution is 14.0. The standard InChI is InChI=1S/C21H32N4OS.HI/c1-3-13-27-14-11-23-21(22-4-2)24-16-19-15-20(26)25(17-19)12-10-18-8-6-5-7-9-18;/h3,5-9,19H,1,4,10-17H2,2H3,(H2,22,23,24);1H. The molecule has 0 aliphatic carbocycles. The van der Waals surface area contributed by atoms with Gasteiger partial charge in [-0.05, 0) is 18.9 Å². The van der Waals surface area contributed by atoms with Crippen LogP contribution in [0.15, 0.2) is 48.0 Å². The van der Waals surface area contributed by atoms with Crippen LogP contribution in [0.3, 0.4) is 0 Å². The average molecular weight is 516 g/mol. The first-order chi connectivity index (χ1) is 13.2. The zero-order valence-corrected chi connectivity index (χ0v) is 19.9. The number of carbonyl (C=O) groups is 1. The smallest absolute Gasteiger partial charge is 0.223 e. The SMILES string of the molecule is C=CCSCCNC(=NCC1CC(=O)N(CCc2ccccc2)C1)NCC.I. The number of nitrogens with one attached hydrogen (secondary N) is 2. The van der Waals surface area contributed by atoms with Crippen LogP contribution in [0.2, 0.25) is 0 Å². The second-order valence-electron chi connectivity index (χ2n) is 6.66. The monoisotopic (exact) mass is 516 g/mol. The first-order valence-corrected chi connectivity index (χ1v) is 10.9. The summed E-state index contributed by atoms with van der Waals surface area (Å²) in [5.74, 6) is 3.39. The number of aliphatic imine (C=N–C) groups is 1. The lowest BCUT2D eigenvalue weighted by Gasteiger charge is -2.16. The summed E-state index contributed by atoms with van der Waals surface area (Å²) >= 11 is 1.85. The molecular weight excluding hydrogens is 483 g/mol. The third kappa shape index (κ3) is 9.32. The van der Waals surface area contributed by atoms with Crippen LogP contribution in [0.25, 0.3) is 0 Å². The van der Waals surface area contributed by atoms with Gasteiger partial charge in [-0.2, -0.15) is 11.8 Å². The van der Waals surface area contributed by atoms with E-state index in [9.17, 15) is 4.79 Å². The summed E-state index contributed by atoms with van der Waals surface area (Å²) in [4.78, 5) is 19.0. The van der Waals surface area contributed by atoms with Gasteiger partial charge >= 0.3 is 0 Å². The highest BCUT2D eigenvalue weighted by Gasteiger charge is 2.28. The molecule has 0 bridgehead atoms. The Labute approximate surface area is 190 Å². The average Bonchev–Trinajstić information content (AvgIpc) is 3.04. The van der Waals surface area contributed by atoms with Crippen molar-refractivity contribution < 1.29 is 4.79 Å². The maximum absolute atomic E-state index is 12.3. The van der Waals surface area contributed by atoms with Crippen molar-refractivity contribution in [2.75, 3.05) is 44.2 Å². The topological polar surface area (TPSA) is 56.7 Å². The number of thioether (sulfide) groups is 1. The third-order valence-electron chi connectivity index (χ3n) is 4.43. The van der Waals surface area contributed by atoms with Crippen LogP contribution in [0.1, 0.15) is 18.9 Å². The second-order valence-corrected chi connectivity index (χ2v) is 7.81. The van der Waals surface area contributed by atoms with Crippen LogP contribution in [0.4, 0.5) is 0 Å². The van der Waals surface area contributed by atoms with Gasteiger partial charge in [0.2, 0.25) is 5.91 Å². The fourth-order valence-electron chi connectivity index (χ4n) is 3.07. The number of halogens is 1. The molecule has 7 heteroatoms. The fourth-order valence-corrected chi connectivity index (χ4v) is 3.65. The van der Waals surface area contributed by atoms with E-state index in [4.69, 9.17) is 0 Å². The van der Waals surface area contributed by atoms with Crippen molar-refractivity contribution in [3.8, 4) is 0 Å². The van der Waals surface area contributed by atoms with Gasteiger partial charge in [-0.25, -0.2) is 0 Å². The lowest BCUT2D eigenvalue weighted by atomic mass is 10.1. The molecule has 1 saturated heterocycles. The Kier molecular flexibility index (Phi) is 13.1. The van der Waals surface area contributed by atoms with Crippen LogP contribution in [-0.2, 0) is 11.2 Å². The molecule has 1 unspecified atom stereocenters.